The van der Waals surface area contributed by atoms with E-state index in [1.807, 2.05) is 6.92 Å². The van der Waals surface area contributed by atoms with E-state index in [1.54, 1.807) is 18.5 Å². The summed E-state index contributed by atoms with van der Waals surface area (Å²) in [6, 6.07) is 0.763. The van der Waals surface area contributed by atoms with Gasteiger partial charge in [0, 0.05) is 44.6 Å². The van der Waals surface area contributed by atoms with Crippen LogP contribution in [0.1, 0.15) is 12.6 Å². The van der Waals surface area contributed by atoms with Gasteiger partial charge in [0.1, 0.15) is 27.1 Å². The Hall–Kier alpha value is -2.99. The highest BCUT2D eigenvalue weighted by Gasteiger charge is 2.54. The highest BCUT2D eigenvalue weighted by molar-refractivity contribution is 8.07. The second kappa shape index (κ2) is 12.5. The zero-order chi connectivity index (χ0) is 28.3. The number of oxime groups is 1. The summed E-state index contributed by atoms with van der Waals surface area (Å²) in [7, 11) is 0. The van der Waals surface area contributed by atoms with E-state index in [2.05, 4.69) is 25.8 Å². The van der Waals surface area contributed by atoms with Gasteiger partial charge in [-0.25, -0.2) is 9.78 Å². The lowest BCUT2D eigenvalue weighted by Crippen LogP contribution is -2.71. The van der Waals surface area contributed by atoms with Gasteiger partial charge in [0.2, 0.25) is 0 Å². The Balaban J connectivity index is 1.51. The minimum Gasteiger partial charge on any atom is -0.477 e. The molecule has 3 atom stereocenters. The fourth-order valence-corrected chi connectivity index (χ4v) is 8.21. The highest BCUT2D eigenvalue weighted by Crippen LogP contribution is 2.46. The van der Waals surface area contributed by atoms with Crippen LogP contribution in [-0.2, 0) is 14.4 Å². The molecular weight excluding hydrogens is 608 g/mol. The van der Waals surface area contributed by atoms with Crippen LogP contribution in [0.3, 0.4) is 0 Å². The number of nitrogens with two attached hydrogens (primary N) is 1. The molecule has 1 unspecified atom stereocenters. The molecule has 7 N–H and O–H groups in total. The molecule has 1 saturated heterocycles. The zero-order valence-electron chi connectivity index (χ0n) is 20.0. The third-order valence-corrected chi connectivity index (χ3v) is 10.5. The molecule has 39 heavy (non-hydrogen) atoms. The number of hydrogen-bond donors (Lipinski definition) is 6. The van der Waals surface area contributed by atoms with E-state index in [4.69, 9.17) is 22.7 Å². The van der Waals surface area contributed by atoms with Gasteiger partial charge >= 0.3 is 5.97 Å². The van der Waals surface area contributed by atoms with Gasteiger partial charge in [-0.1, -0.05) is 39.9 Å². The number of aromatic nitrogens is 2. The average molecular weight is 629 g/mol. The first kappa shape index (κ1) is 29.0. The van der Waals surface area contributed by atoms with Crippen molar-refractivity contribution in [1.82, 2.24) is 25.5 Å². The lowest BCUT2D eigenvalue weighted by molar-refractivity contribution is -0.150. The number of nitrogens with zero attached hydrogens (tertiary/aromatic N) is 4. The number of carbonyl (C=O) groups is 3. The molecule has 2 aliphatic rings. The maximum absolute atomic E-state index is 13.1. The fourth-order valence-electron chi connectivity index (χ4n) is 3.64. The summed E-state index contributed by atoms with van der Waals surface area (Å²) in [5.41, 5.74) is 4.80. The number of anilines is 1. The first-order valence-corrected chi connectivity index (χ1v) is 15.1. The molecule has 18 heteroatoms. The van der Waals surface area contributed by atoms with E-state index < -0.39 is 34.9 Å². The van der Waals surface area contributed by atoms with E-state index in [0.29, 0.717) is 10.7 Å². The zero-order valence-corrected chi connectivity index (χ0v) is 24.0. The van der Waals surface area contributed by atoms with Crippen molar-refractivity contribution >= 4 is 93.2 Å². The lowest BCUT2D eigenvalue weighted by Gasteiger charge is -2.49. The number of hydrogen-bond acceptors (Lipinski definition) is 13. The van der Waals surface area contributed by atoms with Crippen molar-refractivity contribution in [1.29, 1.82) is 5.41 Å². The van der Waals surface area contributed by atoms with Crippen LogP contribution in [0.5, 0.6) is 0 Å². The van der Waals surface area contributed by atoms with Crippen LogP contribution < -0.4 is 16.4 Å². The molecule has 4 rings (SSSR count). The fraction of sp³-hybridized carbons (Fsp3) is 0.286. The maximum Gasteiger partial charge on any atom is 0.353 e. The summed E-state index contributed by atoms with van der Waals surface area (Å²) in [5, 5.41) is 34.3. The Morgan fingerprint density at radius 1 is 1.46 bits per heavy atom. The number of pyridine rings is 1. The van der Waals surface area contributed by atoms with Gasteiger partial charge in [0.25, 0.3) is 11.8 Å². The predicted octanol–water partition coefficient (Wildman–Crippen LogP) is 2.12. The number of halogens is 1. The van der Waals surface area contributed by atoms with Crippen molar-refractivity contribution in [2.75, 3.05) is 17.2 Å². The number of rotatable bonds is 11. The van der Waals surface area contributed by atoms with Gasteiger partial charge in [0.05, 0.1) is 6.34 Å². The summed E-state index contributed by atoms with van der Waals surface area (Å²) in [4.78, 5) is 49.4. The molecule has 0 aromatic carbocycles. The molecule has 2 aromatic heterocycles. The second-order valence-electron chi connectivity index (χ2n) is 8.01. The number of carboxylic acid groups (broad SMARTS) is 1. The van der Waals surface area contributed by atoms with Crippen LogP contribution in [-0.4, -0.2) is 84.0 Å². The minimum atomic E-state index is -1.27. The average Bonchev–Trinajstić information content (AvgIpc) is 3.24. The van der Waals surface area contributed by atoms with Crippen molar-refractivity contribution in [3.8, 4) is 0 Å². The minimum absolute atomic E-state index is 0.0379. The third-order valence-electron chi connectivity index (χ3n) is 5.40. The first-order valence-electron chi connectivity index (χ1n) is 11.0. The number of β-lactam (4-membered cyclic amide) rings is 1. The SMILES string of the molecule is CC(CSc1cnccc1SC1=C(C(=O)O)N2C(=O)[C@@H](NC(=O)/C(=N\O)c3nc(N)sc3Cl)[C@@H]2SC1)NC=N. The van der Waals surface area contributed by atoms with Crippen molar-refractivity contribution in [2.24, 2.45) is 5.16 Å². The molecule has 0 radical (unpaired) electrons. The molecule has 0 saturated carbocycles. The summed E-state index contributed by atoms with van der Waals surface area (Å²) >= 11 is 11.0. The number of thioether (sulfide) groups is 3. The molecule has 2 aliphatic heterocycles. The quantitative estimate of drug-likeness (QED) is 0.0528. The van der Waals surface area contributed by atoms with Crippen LogP contribution in [0.2, 0.25) is 4.34 Å². The van der Waals surface area contributed by atoms with Gasteiger partial charge in [-0.2, -0.15) is 0 Å². The summed E-state index contributed by atoms with van der Waals surface area (Å²) in [6.07, 6.45) is 4.42. The summed E-state index contributed by atoms with van der Waals surface area (Å²) in [5.74, 6) is -1.86. The van der Waals surface area contributed by atoms with Crippen LogP contribution in [0, 0.1) is 5.41 Å². The number of aliphatic carboxylic acids is 1. The largest absolute Gasteiger partial charge is 0.477 e. The van der Waals surface area contributed by atoms with Crippen molar-refractivity contribution < 1.29 is 24.7 Å². The molecule has 0 spiro atoms. The van der Waals surface area contributed by atoms with Gasteiger partial charge in [-0.3, -0.25) is 24.9 Å². The molecule has 1 fully saturated rings. The molecule has 13 nitrogen and oxygen atoms in total. The Morgan fingerprint density at radius 3 is 2.87 bits per heavy atom. The summed E-state index contributed by atoms with van der Waals surface area (Å²) in [6.45, 7) is 1.94. The van der Waals surface area contributed by atoms with Crippen LogP contribution in [0.15, 0.2) is 44.0 Å². The molecular formula is C21H21ClN8O5S4. The van der Waals surface area contributed by atoms with Gasteiger partial charge in [-0.05, 0) is 13.0 Å². The Kier molecular flexibility index (Phi) is 9.27. The predicted molar refractivity (Wildman–Crippen MR) is 152 cm³/mol. The van der Waals surface area contributed by atoms with E-state index in [0.717, 1.165) is 32.4 Å². The topological polar surface area (TPSA) is 207 Å². The van der Waals surface area contributed by atoms with Gasteiger partial charge in [0.15, 0.2) is 10.8 Å². The van der Waals surface area contributed by atoms with E-state index in [1.165, 1.54) is 35.3 Å². The van der Waals surface area contributed by atoms with E-state index in [-0.39, 0.29) is 32.7 Å². The number of nitrogens with one attached hydrogen (secondary N) is 3. The van der Waals surface area contributed by atoms with E-state index in [9.17, 15) is 24.7 Å². The lowest BCUT2D eigenvalue weighted by atomic mass is 10.0. The van der Waals surface area contributed by atoms with E-state index >= 15 is 0 Å². The van der Waals surface area contributed by atoms with Crippen LogP contribution in [0.25, 0.3) is 0 Å². The maximum atomic E-state index is 13.1. The number of carboxylic acids is 1. The first-order chi connectivity index (χ1) is 18.7. The van der Waals surface area contributed by atoms with Crippen LogP contribution in [0.4, 0.5) is 5.13 Å². The smallest absolute Gasteiger partial charge is 0.353 e. The van der Waals surface area contributed by atoms with Crippen molar-refractivity contribution in [3.63, 3.8) is 0 Å². The molecule has 206 valence electrons. The monoisotopic (exact) mass is 628 g/mol. The number of amides is 2. The number of fused-ring (bicyclic) bond motifs is 1. The van der Waals surface area contributed by atoms with Crippen LogP contribution >= 0.6 is 58.2 Å². The Labute approximate surface area is 243 Å². The van der Waals surface area contributed by atoms with Crippen molar-refractivity contribution in [3.05, 3.63) is 39.1 Å². The Bertz CT molecular complexity index is 1390. The molecule has 0 aliphatic carbocycles. The molecule has 4 heterocycles. The molecule has 0 bridgehead atoms. The number of nitrogen functional groups attached to an aromatic ring is 1. The molecule has 2 aromatic rings. The highest BCUT2D eigenvalue weighted by atomic mass is 35.5. The van der Waals surface area contributed by atoms with Gasteiger partial charge in [-0.15, -0.1) is 23.5 Å². The normalized spacial score (nSPS) is 19.7. The number of carbonyl (C=O) groups excluding carboxylic acids is 2. The molecule has 2 amide bonds. The third kappa shape index (κ3) is 6.11. The Morgan fingerprint density at radius 2 is 2.23 bits per heavy atom. The number of thiazole rings is 1. The van der Waals surface area contributed by atoms with Gasteiger partial charge < -0.3 is 26.7 Å². The standard InChI is InChI=1S/C21H21ClN8O5S4/c1-8(26-7-23)5-36-10-4-25-3-2-9(10)38-11-6-37-19-14(18(32)30(19)15(11)20(33)34)27-17(31)13(29-35)12-16(22)39-21(24)28-12/h2-4,7-8,14,19,35H,5-6H2,1H3,(H2,23,26)(H2,24,28)(H,27,31)(H,33,34)/b29-13-/t8?,14-,19+/m1/s1. The second-order valence-corrected chi connectivity index (χ2v) is 12.9. The summed E-state index contributed by atoms with van der Waals surface area (Å²) < 4.78 is 0.0379. The van der Waals surface area contributed by atoms with Crippen molar-refractivity contribution in [2.45, 2.75) is 34.2 Å².